The number of aliphatic hydroxyl groups is 1. The van der Waals surface area contributed by atoms with E-state index in [1.165, 1.54) is 12.1 Å². The van der Waals surface area contributed by atoms with E-state index in [0.29, 0.717) is 6.54 Å². The minimum atomic E-state index is -3.74. The van der Waals surface area contributed by atoms with Gasteiger partial charge in [0.15, 0.2) is 0 Å². The number of ether oxygens (including phenoxy) is 1. The van der Waals surface area contributed by atoms with Crippen LogP contribution in [0.4, 0.5) is 0 Å². The SMILES string of the molecule is CN(C)CCCNC(=O)C[C@H]1C=C[C@H](NS(=O)(=O)c2ccccc2)[C@@H](CO)O1. The molecule has 8 nitrogen and oxygen atoms in total. The zero-order valence-corrected chi connectivity index (χ0v) is 17.1. The van der Waals surface area contributed by atoms with Crippen molar-refractivity contribution in [3.8, 4) is 0 Å². The van der Waals surface area contributed by atoms with Crippen molar-refractivity contribution in [2.75, 3.05) is 33.8 Å². The molecule has 0 aliphatic carbocycles. The van der Waals surface area contributed by atoms with E-state index in [1.54, 1.807) is 30.4 Å². The summed E-state index contributed by atoms with van der Waals surface area (Å²) in [5.74, 6) is -0.145. The van der Waals surface area contributed by atoms with E-state index in [-0.39, 0.29) is 23.8 Å². The minimum Gasteiger partial charge on any atom is -0.394 e. The molecule has 0 fully saturated rings. The normalized spacial score (nSPS) is 22.4. The molecule has 0 bridgehead atoms. The van der Waals surface area contributed by atoms with E-state index in [4.69, 9.17) is 4.74 Å². The topological polar surface area (TPSA) is 108 Å². The highest BCUT2D eigenvalue weighted by Gasteiger charge is 2.31. The second kappa shape index (κ2) is 10.7. The Morgan fingerprint density at radius 2 is 1.93 bits per heavy atom. The third-order valence-corrected chi connectivity index (χ3v) is 5.77. The number of nitrogens with zero attached hydrogens (tertiary/aromatic N) is 1. The Labute approximate surface area is 166 Å². The molecular formula is C19H29N3O5S. The largest absolute Gasteiger partial charge is 0.394 e. The minimum absolute atomic E-state index is 0.118. The zero-order chi connectivity index (χ0) is 20.6. The Hall–Kier alpha value is -1.78. The molecule has 2 rings (SSSR count). The van der Waals surface area contributed by atoms with Gasteiger partial charge in [-0.2, -0.15) is 0 Å². The van der Waals surface area contributed by atoms with Crippen LogP contribution in [0.3, 0.4) is 0 Å². The smallest absolute Gasteiger partial charge is 0.241 e. The summed E-state index contributed by atoms with van der Waals surface area (Å²) in [6.45, 7) is 1.10. The van der Waals surface area contributed by atoms with Crippen LogP contribution in [0.5, 0.6) is 0 Å². The number of aliphatic hydroxyl groups excluding tert-OH is 1. The quantitative estimate of drug-likeness (QED) is 0.373. The van der Waals surface area contributed by atoms with Gasteiger partial charge in [0, 0.05) is 6.54 Å². The average Bonchev–Trinajstić information content (AvgIpc) is 2.67. The molecule has 1 aliphatic rings. The van der Waals surface area contributed by atoms with Gasteiger partial charge in [0.1, 0.15) is 6.10 Å². The van der Waals surface area contributed by atoms with Gasteiger partial charge in [-0.05, 0) is 39.2 Å². The molecular weight excluding hydrogens is 382 g/mol. The summed E-state index contributed by atoms with van der Waals surface area (Å²) in [5, 5.41) is 12.4. The molecule has 3 atom stereocenters. The summed E-state index contributed by atoms with van der Waals surface area (Å²) < 4.78 is 33.2. The van der Waals surface area contributed by atoms with Crippen LogP contribution in [0.2, 0.25) is 0 Å². The first kappa shape index (κ1) is 22.5. The van der Waals surface area contributed by atoms with Gasteiger partial charge in [0.2, 0.25) is 15.9 Å². The lowest BCUT2D eigenvalue weighted by atomic mass is 10.1. The number of hydrogen-bond acceptors (Lipinski definition) is 6. The van der Waals surface area contributed by atoms with Crippen molar-refractivity contribution >= 4 is 15.9 Å². The standard InChI is InChI=1S/C19H29N3O5S/c1-22(2)12-6-11-20-19(24)13-15-9-10-17(18(14-23)27-15)21-28(25,26)16-7-4-3-5-8-16/h3-5,7-10,15,17-18,21,23H,6,11-14H2,1-2H3,(H,20,24)/t15-,17+,18-/m1/s1. The number of nitrogens with one attached hydrogen (secondary N) is 2. The van der Waals surface area contributed by atoms with Gasteiger partial charge >= 0.3 is 0 Å². The van der Waals surface area contributed by atoms with E-state index in [2.05, 4.69) is 10.0 Å². The highest BCUT2D eigenvalue weighted by Crippen LogP contribution is 2.18. The first-order valence-electron chi connectivity index (χ1n) is 9.25. The summed E-state index contributed by atoms with van der Waals surface area (Å²) in [6.07, 6.45) is 2.98. The van der Waals surface area contributed by atoms with Gasteiger partial charge in [0.05, 0.1) is 30.1 Å². The van der Waals surface area contributed by atoms with Crippen molar-refractivity contribution in [1.29, 1.82) is 0 Å². The van der Waals surface area contributed by atoms with E-state index in [9.17, 15) is 18.3 Å². The Morgan fingerprint density at radius 3 is 2.57 bits per heavy atom. The fourth-order valence-corrected chi connectivity index (χ4v) is 4.08. The highest BCUT2D eigenvalue weighted by molar-refractivity contribution is 7.89. The number of benzene rings is 1. The second-order valence-electron chi connectivity index (χ2n) is 6.95. The predicted octanol–water partition coefficient (Wildman–Crippen LogP) is 0.107. The van der Waals surface area contributed by atoms with Crippen molar-refractivity contribution in [1.82, 2.24) is 14.9 Å². The summed E-state index contributed by atoms with van der Waals surface area (Å²) >= 11 is 0. The van der Waals surface area contributed by atoms with E-state index < -0.39 is 28.3 Å². The van der Waals surface area contributed by atoms with E-state index in [0.717, 1.165) is 13.0 Å². The molecule has 1 heterocycles. The number of amides is 1. The average molecular weight is 412 g/mol. The van der Waals surface area contributed by atoms with Crippen LogP contribution in [-0.4, -0.2) is 76.4 Å². The second-order valence-corrected chi connectivity index (χ2v) is 8.67. The molecule has 1 aromatic carbocycles. The lowest BCUT2D eigenvalue weighted by Crippen LogP contribution is -2.49. The van der Waals surface area contributed by atoms with Crippen molar-refractivity contribution in [3.63, 3.8) is 0 Å². The van der Waals surface area contributed by atoms with Gasteiger partial charge in [-0.3, -0.25) is 4.79 Å². The zero-order valence-electron chi connectivity index (χ0n) is 16.2. The molecule has 0 saturated heterocycles. The number of hydrogen-bond donors (Lipinski definition) is 3. The summed E-state index contributed by atoms with van der Waals surface area (Å²) in [6, 6.07) is 7.28. The number of rotatable bonds is 10. The van der Waals surface area contributed by atoms with Gasteiger partial charge in [0.25, 0.3) is 0 Å². The van der Waals surface area contributed by atoms with E-state index >= 15 is 0 Å². The highest BCUT2D eigenvalue weighted by atomic mass is 32.2. The van der Waals surface area contributed by atoms with Crippen LogP contribution in [0.1, 0.15) is 12.8 Å². The maximum absolute atomic E-state index is 12.5. The fourth-order valence-electron chi connectivity index (χ4n) is 2.83. The number of carbonyl (C=O) groups excluding carboxylic acids is 1. The lowest BCUT2D eigenvalue weighted by Gasteiger charge is -2.31. The van der Waals surface area contributed by atoms with Crippen LogP contribution in [0.15, 0.2) is 47.4 Å². The summed E-state index contributed by atoms with van der Waals surface area (Å²) in [5.41, 5.74) is 0. The van der Waals surface area contributed by atoms with E-state index in [1.807, 2.05) is 19.0 Å². The van der Waals surface area contributed by atoms with Crippen LogP contribution < -0.4 is 10.0 Å². The number of carbonyl (C=O) groups is 1. The molecule has 156 valence electrons. The molecule has 0 radical (unpaired) electrons. The Kier molecular flexibility index (Phi) is 8.58. The van der Waals surface area contributed by atoms with Gasteiger partial charge < -0.3 is 20.1 Å². The molecule has 0 aromatic heterocycles. The molecule has 0 unspecified atom stereocenters. The maximum Gasteiger partial charge on any atom is 0.241 e. The molecule has 0 saturated carbocycles. The van der Waals surface area contributed by atoms with Crippen LogP contribution in [-0.2, 0) is 19.6 Å². The first-order valence-corrected chi connectivity index (χ1v) is 10.7. The first-order chi connectivity index (χ1) is 13.3. The molecule has 1 aromatic rings. The Morgan fingerprint density at radius 1 is 1.21 bits per heavy atom. The third kappa shape index (κ3) is 6.99. The fraction of sp³-hybridized carbons (Fsp3) is 0.526. The summed E-state index contributed by atoms with van der Waals surface area (Å²) in [7, 11) is 0.203. The maximum atomic E-state index is 12.5. The van der Waals surface area contributed by atoms with Crippen molar-refractivity contribution in [2.45, 2.75) is 36.0 Å². The Balaban J connectivity index is 1.90. The van der Waals surface area contributed by atoms with Crippen molar-refractivity contribution in [3.05, 3.63) is 42.5 Å². The predicted molar refractivity (Wildman–Crippen MR) is 106 cm³/mol. The molecule has 1 aliphatic heterocycles. The van der Waals surface area contributed by atoms with Crippen LogP contribution in [0, 0.1) is 0 Å². The number of sulfonamides is 1. The molecule has 0 spiro atoms. The summed E-state index contributed by atoms with van der Waals surface area (Å²) in [4.78, 5) is 14.2. The Bertz CT molecular complexity index is 752. The molecule has 9 heteroatoms. The van der Waals surface area contributed by atoms with Crippen LogP contribution >= 0.6 is 0 Å². The van der Waals surface area contributed by atoms with Gasteiger partial charge in [-0.25, -0.2) is 13.1 Å². The lowest BCUT2D eigenvalue weighted by molar-refractivity contribution is -0.125. The molecule has 1 amide bonds. The monoisotopic (exact) mass is 411 g/mol. The van der Waals surface area contributed by atoms with Gasteiger partial charge in [-0.1, -0.05) is 30.4 Å². The van der Waals surface area contributed by atoms with Crippen LogP contribution in [0.25, 0.3) is 0 Å². The molecule has 3 N–H and O–H groups in total. The van der Waals surface area contributed by atoms with Crippen molar-refractivity contribution in [2.24, 2.45) is 0 Å². The third-order valence-electron chi connectivity index (χ3n) is 4.30. The van der Waals surface area contributed by atoms with Gasteiger partial charge in [-0.15, -0.1) is 0 Å². The van der Waals surface area contributed by atoms with Crippen molar-refractivity contribution < 1.29 is 23.1 Å². The molecule has 28 heavy (non-hydrogen) atoms.